The number of anilines is 1. The first-order valence-electron chi connectivity index (χ1n) is 8.24. The van der Waals surface area contributed by atoms with E-state index in [-0.39, 0.29) is 24.0 Å². The number of aryl methyl sites for hydroxylation is 1. The molecule has 1 aromatic heterocycles. The molecule has 2 heterocycles. The van der Waals surface area contributed by atoms with Gasteiger partial charge in [0.15, 0.2) is 9.84 Å². The van der Waals surface area contributed by atoms with E-state index < -0.39 is 9.84 Å². The highest BCUT2D eigenvalue weighted by atomic mass is 32.2. The van der Waals surface area contributed by atoms with Crippen LogP contribution in [0.3, 0.4) is 0 Å². The molecule has 0 fully saturated rings. The van der Waals surface area contributed by atoms with Crippen LogP contribution < -0.4 is 5.32 Å². The van der Waals surface area contributed by atoms with Crippen LogP contribution in [0, 0.1) is 12.8 Å². The summed E-state index contributed by atoms with van der Waals surface area (Å²) in [4.78, 5) is 12.4. The van der Waals surface area contributed by atoms with Gasteiger partial charge >= 0.3 is 0 Å². The van der Waals surface area contributed by atoms with Crippen LogP contribution in [0.15, 0.2) is 41.8 Å². The maximum atomic E-state index is 12.4. The van der Waals surface area contributed by atoms with Gasteiger partial charge in [0.1, 0.15) is 5.82 Å². The number of para-hydroxylation sites is 1. The van der Waals surface area contributed by atoms with Gasteiger partial charge in [0, 0.05) is 23.3 Å². The SMILES string of the molecule is CCc1nn(-c2ccccc2)c(NC(=O)C[C@H]2C=CS(=O)(=O)C2)c1C. The smallest absolute Gasteiger partial charge is 0.226 e. The molecule has 0 saturated carbocycles. The molecule has 3 rings (SSSR count). The molecule has 132 valence electrons. The lowest BCUT2D eigenvalue weighted by atomic mass is 10.1. The fourth-order valence-corrected chi connectivity index (χ4v) is 4.37. The number of aromatic nitrogens is 2. The highest BCUT2D eigenvalue weighted by Gasteiger charge is 2.25. The molecule has 1 amide bonds. The highest BCUT2D eigenvalue weighted by molar-refractivity contribution is 7.94. The summed E-state index contributed by atoms with van der Waals surface area (Å²) in [5.74, 6) is 0.147. The largest absolute Gasteiger partial charge is 0.310 e. The van der Waals surface area contributed by atoms with Crippen molar-refractivity contribution in [2.24, 2.45) is 5.92 Å². The van der Waals surface area contributed by atoms with Crippen LogP contribution >= 0.6 is 0 Å². The second-order valence-electron chi connectivity index (χ2n) is 6.19. The lowest BCUT2D eigenvalue weighted by Gasteiger charge is -2.11. The minimum Gasteiger partial charge on any atom is -0.310 e. The van der Waals surface area contributed by atoms with E-state index in [9.17, 15) is 13.2 Å². The van der Waals surface area contributed by atoms with Gasteiger partial charge in [-0.1, -0.05) is 31.2 Å². The Labute approximate surface area is 147 Å². The molecule has 0 aliphatic carbocycles. The third-order valence-electron chi connectivity index (χ3n) is 4.27. The molecule has 6 nitrogen and oxygen atoms in total. The molecular formula is C18H21N3O3S. The number of carbonyl (C=O) groups excluding carboxylic acids is 1. The normalized spacial score (nSPS) is 18.4. The third kappa shape index (κ3) is 3.82. The van der Waals surface area contributed by atoms with E-state index in [0.29, 0.717) is 5.82 Å². The number of rotatable bonds is 5. The Morgan fingerprint density at radius 3 is 2.64 bits per heavy atom. The van der Waals surface area contributed by atoms with E-state index in [1.807, 2.05) is 44.2 Å². The van der Waals surface area contributed by atoms with E-state index in [2.05, 4.69) is 10.4 Å². The number of carbonyl (C=O) groups is 1. The van der Waals surface area contributed by atoms with E-state index in [0.717, 1.165) is 23.4 Å². The van der Waals surface area contributed by atoms with Crippen molar-refractivity contribution in [3.63, 3.8) is 0 Å². The summed E-state index contributed by atoms with van der Waals surface area (Å²) in [5, 5.41) is 8.71. The van der Waals surface area contributed by atoms with Crippen LogP contribution in [-0.2, 0) is 21.1 Å². The van der Waals surface area contributed by atoms with Gasteiger partial charge in [0.05, 0.1) is 17.1 Å². The van der Waals surface area contributed by atoms with Gasteiger partial charge in [0.2, 0.25) is 5.91 Å². The summed E-state index contributed by atoms with van der Waals surface area (Å²) in [6, 6.07) is 9.60. The standard InChI is InChI=1S/C18H21N3O3S/c1-3-16-13(2)18(21(20-16)15-7-5-4-6-8-15)19-17(22)11-14-9-10-25(23,24)12-14/h4-10,14H,3,11-12H2,1-2H3,(H,19,22)/t14-/m1/s1. The fraction of sp³-hybridized carbons (Fsp3) is 0.333. The number of sulfone groups is 1. The van der Waals surface area contributed by atoms with Crippen LogP contribution in [0.4, 0.5) is 5.82 Å². The zero-order valence-electron chi connectivity index (χ0n) is 14.3. The molecule has 0 bridgehead atoms. The number of hydrogen-bond donors (Lipinski definition) is 1. The monoisotopic (exact) mass is 359 g/mol. The lowest BCUT2D eigenvalue weighted by Crippen LogP contribution is -2.20. The Morgan fingerprint density at radius 1 is 1.32 bits per heavy atom. The molecule has 0 spiro atoms. The summed E-state index contributed by atoms with van der Waals surface area (Å²) in [7, 11) is -3.15. The van der Waals surface area contributed by atoms with E-state index >= 15 is 0 Å². The maximum absolute atomic E-state index is 12.4. The predicted octanol–water partition coefficient (Wildman–Crippen LogP) is 2.63. The van der Waals surface area contributed by atoms with Crippen LogP contribution in [0.1, 0.15) is 24.6 Å². The van der Waals surface area contributed by atoms with E-state index in [4.69, 9.17) is 0 Å². The zero-order valence-corrected chi connectivity index (χ0v) is 15.1. The number of allylic oxidation sites excluding steroid dienone is 1. The van der Waals surface area contributed by atoms with Crippen molar-refractivity contribution in [1.29, 1.82) is 0 Å². The zero-order chi connectivity index (χ0) is 18.0. The summed E-state index contributed by atoms with van der Waals surface area (Å²) in [6.07, 6.45) is 2.49. The Balaban J connectivity index is 1.83. The lowest BCUT2D eigenvalue weighted by molar-refractivity contribution is -0.116. The van der Waals surface area contributed by atoms with Gasteiger partial charge in [-0.05, 0) is 25.5 Å². The topological polar surface area (TPSA) is 81.1 Å². The van der Waals surface area contributed by atoms with Crippen molar-refractivity contribution in [1.82, 2.24) is 9.78 Å². The minimum atomic E-state index is -3.15. The molecule has 1 aliphatic rings. The maximum Gasteiger partial charge on any atom is 0.226 e. The van der Waals surface area contributed by atoms with Crippen LogP contribution in [0.5, 0.6) is 0 Å². The Bertz CT molecular complexity index is 915. The minimum absolute atomic E-state index is 0.00242. The molecular weight excluding hydrogens is 338 g/mol. The third-order valence-corrected chi connectivity index (χ3v) is 5.73. The van der Waals surface area contributed by atoms with Crippen molar-refractivity contribution in [2.45, 2.75) is 26.7 Å². The van der Waals surface area contributed by atoms with Crippen molar-refractivity contribution in [3.05, 3.63) is 53.1 Å². The van der Waals surface area contributed by atoms with Crippen molar-refractivity contribution in [3.8, 4) is 5.69 Å². The van der Waals surface area contributed by atoms with Gasteiger partial charge in [-0.15, -0.1) is 0 Å². The molecule has 1 atom stereocenters. The summed E-state index contributed by atoms with van der Waals surface area (Å²) in [6.45, 7) is 3.95. The van der Waals surface area contributed by atoms with Gasteiger partial charge in [-0.3, -0.25) is 4.79 Å². The molecule has 0 saturated heterocycles. The molecule has 1 N–H and O–H groups in total. The van der Waals surface area contributed by atoms with Crippen LogP contribution in [-0.4, -0.2) is 29.9 Å². The van der Waals surface area contributed by atoms with Gasteiger partial charge in [0.25, 0.3) is 0 Å². The Hall–Kier alpha value is -2.41. The average molecular weight is 359 g/mol. The number of hydrogen-bond acceptors (Lipinski definition) is 4. The van der Waals surface area contributed by atoms with Gasteiger partial charge < -0.3 is 5.32 Å². The average Bonchev–Trinajstić information content (AvgIpc) is 3.08. The first-order chi connectivity index (χ1) is 11.9. The Morgan fingerprint density at radius 2 is 2.04 bits per heavy atom. The number of amides is 1. The molecule has 1 aliphatic heterocycles. The molecule has 0 radical (unpaired) electrons. The fourth-order valence-electron chi connectivity index (χ4n) is 2.97. The highest BCUT2D eigenvalue weighted by Crippen LogP contribution is 2.25. The van der Waals surface area contributed by atoms with Crippen molar-refractivity contribution in [2.75, 3.05) is 11.1 Å². The van der Waals surface area contributed by atoms with E-state index in [1.165, 1.54) is 5.41 Å². The van der Waals surface area contributed by atoms with Gasteiger partial charge in [-0.2, -0.15) is 5.10 Å². The molecule has 0 unspecified atom stereocenters. The van der Waals surface area contributed by atoms with Crippen molar-refractivity contribution < 1.29 is 13.2 Å². The van der Waals surface area contributed by atoms with Crippen molar-refractivity contribution >= 4 is 21.6 Å². The second kappa shape index (κ2) is 6.84. The molecule has 2 aromatic rings. The first-order valence-corrected chi connectivity index (χ1v) is 9.96. The number of benzene rings is 1. The molecule has 25 heavy (non-hydrogen) atoms. The molecule has 7 heteroatoms. The predicted molar refractivity (Wildman–Crippen MR) is 97.3 cm³/mol. The molecule has 1 aromatic carbocycles. The second-order valence-corrected chi connectivity index (χ2v) is 8.12. The summed E-state index contributed by atoms with van der Waals surface area (Å²) >= 11 is 0. The first kappa shape index (κ1) is 17.4. The summed E-state index contributed by atoms with van der Waals surface area (Å²) in [5.41, 5.74) is 2.71. The van der Waals surface area contributed by atoms with Crippen LogP contribution in [0.25, 0.3) is 5.69 Å². The quantitative estimate of drug-likeness (QED) is 0.890. The number of nitrogens with zero attached hydrogens (tertiary/aromatic N) is 2. The van der Waals surface area contributed by atoms with Gasteiger partial charge in [-0.25, -0.2) is 13.1 Å². The Kier molecular flexibility index (Phi) is 4.76. The van der Waals surface area contributed by atoms with E-state index in [1.54, 1.807) is 10.8 Å². The number of nitrogens with one attached hydrogen (secondary N) is 1. The summed E-state index contributed by atoms with van der Waals surface area (Å²) < 4.78 is 24.7. The van der Waals surface area contributed by atoms with Crippen LogP contribution in [0.2, 0.25) is 0 Å².